The van der Waals surface area contributed by atoms with Crippen LogP contribution in [0.15, 0.2) is 16.2 Å². The molecular formula is C10H10BrN3O2S. The number of aromatic amines is 1. The average Bonchev–Trinajstić information content (AvgIpc) is 2.89. The molecule has 2 aromatic heterocycles. The van der Waals surface area contributed by atoms with Crippen LogP contribution in [0.4, 0.5) is 0 Å². The first-order valence-electron chi connectivity index (χ1n) is 5.00. The number of nitrogens with zero attached hydrogens (tertiary/aromatic N) is 2. The summed E-state index contributed by atoms with van der Waals surface area (Å²) in [5.41, 5.74) is 1.13. The van der Waals surface area contributed by atoms with Gasteiger partial charge in [-0.3, -0.25) is 5.10 Å². The molecule has 17 heavy (non-hydrogen) atoms. The number of carbonyl (C=O) groups excluding carboxylic acids is 1. The molecule has 0 unspecified atom stereocenters. The summed E-state index contributed by atoms with van der Waals surface area (Å²) in [7, 11) is 0. The molecule has 0 aliphatic carbocycles. The van der Waals surface area contributed by atoms with Gasteiger partial charge in [-0.2, -0.15) is 5.10 Å². The molecule has 0 spiro atoms. The van der Waals surface area contributed by atoms with E-state index >= 15 is 0 Å². The summed E-state index contributed by atoms with van der Waals surface area (Å²) in [6.07, 6.45) is 2.27. The number of halogens is 1. The molecule has 0 fully saturated rings. The van der Waals surface area contributed by atoms with Crippen molar-refractivity contribution in [2.45, 2.75) is 13.3 Å². The third-order valence-corrected chi connectivity index (χ3v) is 3.61. The Bertz CT molecular complexity index is 523. The number of H-pyrrole nitrogens is 1. The van der Waals surface area contributed by atoms with Gasteiger partial charge in [0.15, 0.2) is 5.69 Å². The van der Waals surface area contributed by atoms with Crippen LogP contribution in [0.3, 0.4) is 0 Å². The van der Waals surface area contributed by atoms with Crippen LogP contribution >= 0.6 is 27.3 Å². The van der Waals surface area contributed by atoms with Crippen LogP contribution in [0, 0.1) is 0 Å². The average molecular weight is 316 g/mol. The maximum Gasteiger partial charge on any atom is 0.359 e. The minimum Gasteiger partial charge on any atom is -0.461 e. The molecule has 7 heteroatoms. The molecule has 0 aliphatic heterocycles. The van der Waals surface area contributed by atoms with Gasteiger partial charge in [-0.05, 0) is 22.9 Å². The summed E-state index contributed by atoms with van der Waals surface area (Å²) in [4.78, 5) is 15.9. The molecular weight excluding hydrogens is 306 g/mol. The van der Waals surface area contributed by atoms with Crippen molar-refractivity contribution in [3.05, 3.63) is 32.4 Å². The summed E-state index contributed by atoms with van der Waals surface area (Å²) in [6, 6.07) is 0. The zero-order chi connectivity index (χ0) is 12.3. The van der Waals surface area contributed by atoms with Crippen molar-refractivity contribution in [2.24, 2.45) is 0 Å². The number of ether oxygens (including phenoxy) is 1. The number of rotatable bonds is 4. The highest BCUT2D eigenvalue weighted by atomic mass is 79.9. The van der Waals surface area contributed by atoms with Gasteiger partial charge in [-0.1, -0.05) is 0 Å². The van der Waals surface area contributed by atoms with E-state index < -0.39 is 5.97 Å². The highest BCUT2D eigenvalue weighted by molar-refractivity contribution is 9.10. The lowest BCUT2D eigenvalue weighted by Crippen LogP contribution is -2.08. The number of thiazole rings is 1. The number of nitrogens with one attached hydrogen (secondary N) is 1. The number of esters is 1. The van der Waals surface area contributed by atoms with Crippen LogP contribution in [0.25, 0.3) is 0 Å². The van der Waals surface area contributed by atoms with E-state index in [1.54, 1.807) is 13.1 Å². The third kappa shape index (κ3) is 2.92. The minimum absolute atomic E-state index is 0.332. The van der Waals surface area contributed by atoms with Crippen molar-refractivity contribution < 1.29 is 9.53 Å². The van der Waals surface area contributed by atoms with Crippen molar-refractivity contribution >= 4 is 33.2 Å². The summed E-state index contributed by atoms with van der Waals surface area (Å²) < 4.78 is 5.73. The van der Waals surface area contributed by atoms with Gasteiger partial charge in [-0.25, -0.2) is 9.78 Å². The molecule has 0 saturated heterocycles. The quantitative estimate of drug-likeness (QED) is 0.880. The Morgan fingerprint density at radius 2 is 2.47 bits per heavy atom. The van der Waals surface area contributed by atoms with E-state index in [1.807, 2.05) is 5.38 Å². The molecule has 0 aromatic carbocycles. The summed E-state index contributed by atoms with van der Waals surface area (Å²) >= 11 is 4.82. The van der Waals surface area contributed by atoms with Gasteiger partial charge < -0.3 is 4.74 Å². The number of aromatic nitrogens is 3. The normalized spacial score (nSPS) is 10.5. The Hall–Kier alpha value is -1.21. The Balaban J connectivity index is 2.16. The van der Waals surface area contributed by atoms with E-state index in [9.17, 15) is 4.79 Å². The van der Waals surface area contributed by atoms with E-state index in [-0.39, 0.29) is 0 Å². The molecule has 0 saturated carbocycles. The minimum atomic E-state index is -0.403. The van der Waals surface area contributed by atoms with Crippen LogP contribution in [0.1, 0.15) is 28.0 Å². The maximum atomic E-state index is 11.6. The first-order chi connectivity index (χ1) is 8.20. The number of hydrogen-bond acceptors (Lipinski definition) is 5. The smallest absolute Gasteiger partial charge is 0.359 e. The summed E-state index contributed by atoms with van der Waals surface area (Å²) in [6.45, 7) is 2.11. The summed E-state index contributed by atoms with van der Waals surface area (Å²) in [5.74, 6) is -0.403. The standard InChI is InChI=1S/C10H10BrN3O2S/c1-2-16-10(15)9-6(4-12-14-9)3-8-13-7(11)5-17-8/h4-5H,2-3H2,1H3,(H,12,14). The summed E-state index contributed by atoms with van der Waals surface area (Å²) in [5, 5.41) is 9.40. The monoisotopic (exact) mass is 315 g/mol. The first-order valence-corrected chi connectivity index (χ1v) is 6.67. The fraction of sp³-hybridized carbons (Fsp3) is 0.300. The molecule has 0 atom stereocenters. The third-order valence-electron chi connectivity index (χ3n) is 2.05. The molecule has 1 N–H and O–H groups in total. The van der Waals surface area contributed by atoms with Crippen molar-refractivity contribution in [2.75, 3.05) is 6.61 Å². The fourth-order valence-corrected chi connectivity index (χ4v) is 2.65. The lowest BCUT2D eigenvalue weighted by molar-refractivity contribution is 0.0518. The van der Waals surface area contributed by atoms with E-state index in [1.165, 1.54) is 11.3 Å². The highest BCUT2D eigenvalue weighted by Gasteiger charge is 2.16. The van der Waals surface area contributed by atoms with Gasteiger partial charge in [0.1, 0.15) is 4.60 Å². The van der Waals surface area contributed by atoms with Crippen LogP contribution in [0.2, 0.25) is 0 Å². The van der Waals surface area contributed by atoms with Gasteiger partial charge in [-0.15, -0.1) is 11.3 Å². The predicted molar refractivity (Wildman–Crippen MR) is 67.2 cm³/mol. The van der Waals surface area contributed by atoms with Crippen molar-refractivity contribution in [1.82, 2.24) is 15.2 Å². The van der Waals surface area contributed by atoms with Gasteiger partial charge in [0.25, 0.3) is 0 Å². The van der Waals surface area contributed by atoms with E-state index in [0.29, 0.717) is 18.7 Å². The molecule has 5 nitrogen and oxygen atoms in total. The zero-order valence-electron chi connectivity index (χ0n) is 9.07. The topological polar surface area (TPSA) is 67.9 Å². The molecule has 2 rings (SSSR count). The zero-order valence-corrected chi connectivity index (χ0v) is 11.5. The van der Waals surface area contributed by atoms with Gasteiger partial charge in [0.05, 0.1) is 11.6 Å². The molecule has 0 amide bonds. The highest BCUT2D eigenvalue weighted by Crippen LogP contribution is 2.19. The van der Waals surface area contributed by atoms with Gasteiger partial charge >= 0.3 is 5.97 Å². The van der Waals surface area contributed by atoms with Crippen LogP contribution in [-0.4, -0.2) is 27.8 Å². The molecule has 2 aromatic rings. The second kappa shape index (κ2) is 5.42. The van der Waals surface area contributed by atoms with Crippen molar-refractivity contribution in [3.8, 4) is 0 Å². The predicted octanol–water partition coefficient (Wildman–Crippen LogP) is 2.40. The lowest BCUT2D eigenvalue weighted by atomic mass is 10.2. The van der Waals surface area contributed by atoms with E-state index in [4.69, 9.17) is 4.74 Å². The van der Waals surface area contributed by atoms with Gasteiger partial charge in [0.2, 0.25) is 0 Å². The molecule has 0 radical (unpaired) electrons. The van der Waals surface area contributed by atoms with Crippen molar-refractivity contribution in [1.29, 1.82) is 0 Å². The molecule has 90 valence electrons. The SMILES string of the molecule is CCOC(=O)c1n[nH]cc1Cc1nc(Br)cs1. The molecule has 0 aliphatic rings. The van der Waals surface area contributed by atoms with E-state index in [0.717, 1.165) is 15.2 Å². The second-order valence-electron chi connectivity index (χ2n) is 3.22. The van der Waals surface area contributed by atoms with Crippen molar-refractivity contribution in [3.63, 3.8) is 0 Å². The second-order valence-corrected chi connectivity index (χ2v) is 4.98. The Labute approximate surface area is 110 Å². The number of carbonyl (C=O) groups is 1. The van der Waals surface area contributed by atoms with E-state index in [2.05, 4.69) is 31.1 Å². The van der Waals surface area contributed by atoms with Crippen LogP contribution in [-0.2, 0) is 11.2 Å². The molecule has 0 bridgehead atoms. The van der Waals surface area contributed by atoms with Crippen LogP contribution in [0.5, 0.6) is 0 Å². The first kappa shape index (κ1) is 12.3. The fourth-order valence-electron chi connectivity index (χ4n) is 1.36. The largest absolute Gasteiger partial charge is 0.461 e. The Morgan fingerprint density at radius 3 is 3.12 bits per heavy atom. The maximum absolute atomic E-state index is 11.6. The van der Waals surface area contributed by atoms with Gasteiger partial charge in [0, 0.05) is 23.6 Å². The Morgan fingerprint density at radius 1 is 1.65 bits per heavy atom. The Kier molecular flexibility index (Phi) is 3.90. The molecule has 2 heterocycles. The van der Waals surface area contributed by atoms with Crippen LogP contribution < -0.4 is 0 Å². The lowest BCUT2D eigenvalue weighted by Gasteiger charge is -2.00. The number of hydrogen-bond donors (Lipinski definition) is 1.